The molecule has 0 aromatic heterocycles. The first kappa shape index (κ1) is 16.4. The highest BCUT2D eigenvalue weighted by atomic mass is 79.9. The maximum absolute atomic E-state index is 3.95. The van der Waals surface area contributed by atoms with E-state index in [4.69, 9.17) is 0 Å². The Bertz CT molecular complexity index is 313. The van der Waals surface area contributed by atoms with Gasteiger partial charge in [-0.05, 0) is 35.5 Å². The predicted octanol–water partition coefficient (Wildman–Crippen LogP) is 6.03. The minimum atomic E-state index is 0.261. The molecule has 0 fully saturated rings. The van der Waals surface area contributed by atoms with E-state index in [0.717, 1.165) is 4.48 Å². The molecule has 0 spiro atoms. The number of hydrogen-bond acceptors (Lipinski definition) is 0. The zero-order valence-corrected chi connectivity index (χ0v) is 13.2. The summed E-state index contributed by atoms with van der Waals surface area (Å²) >= 11 is 3.53. The average molecular weight is 297 g/mol. The van der Waals surface area contributed by atoms with Crippen LogP contribution in [0.4, 0.5) is 0 Å². The van der Waals surface area contributed by atoms with Crippen molar-refractivity contribution in [3.8, 4) is 0 Å². The van der Waals surface area contributed by atoms with Crippen molar-refractivity contribution >= 4 is 15.9 Å². The summed E-state index contributed by atoms with van der Waals surface area (Å²) in [6, 6.07) is 0. The van der Waals surface area contributed by atoms with Crippen LogP contribution in [-0.4, -0.2) is 0 Å². The normalized spacial score (nSPS) is 15.6. The fourth-order valence-corrected chi connectivity index (χ4v) is 2.46. The van der Waals surface area contributed by atoms with Gasteiger partial charge in [-0.15, -0.1) is 0 Å². The van der Waals surface area contributed by atoms with E-state index < -0.39 is 0 Å². The first-order chi connectivity index (χ1) is 7.86. The molecule has 17 heavy (non-hydrogen) atoms. The van der Waals surface area contributed by atoms with Crippen molar-refractivity contribution in [1.82, 2.24) is 0 Å². The summed E-state index contributed by atoms with van der Waals surface area (Å²) in [6.45, 7) is 16.7. The molecule has 0 amide bonds. The van der Waals surface area contributed by atoms with Gasteiger partial charge in [0, 0.05) is 4.48 Å². The lowest BCUT2D eigenvalue weighted by molar-refractivity contribution is 0.267. The van der Waals surface area contributed by atoms with Crippen LogP contribution >= 0.6 is 15.9 Å². The molecule has 0 nitrogen and oxygen atoms in total. The molecule has 0 rings (SSSR count). The Morgan fingerprint density at radius 3 is 2.24 bits per heavy atom. The van der Waals surface area contributed by atoms with E-state index in [1.165, 1.54) is 18.4 Å². The predicted molar refractivity (Wildman–Crippen MR) is 83.3 cm³/mol. The molecular weight excluding hydrogens is 272 g/mol. The van der Waals surface area contributed by atoms with Gasteiger partial charge in [0.2, 0.25) is 0 Å². The van der Waals surface area contributed by atoms with Crippen LogP contribution in [0.5, 0.6) is 0 Å². The minimum Gasteiger partial charge on any atom is -0.0990 e. The topological polar surface area (TPSA) is 0 Å². The Morgan fingerprint density at radius 1 is 1.29 bits per heavy atom. The molecule has 0 saturated carbocycles. The van der Waals surface area contributed by atoms with E-state index in [1.54, 1.807) is 6.08 Å². The standard InChI is InChI=1S/C16H25Br/c1-7-10-14(17)12-13(9-3)15(11-8-2)16(4,5)6/h7,9-10,12,15H,1,3,8,11H2,2,4-6H3/b13-12+,14-10+. The highest BCUT2D eigenvalue weighted by Gasteiger charge is 2.25. The van der Waals surface area contributed by atoms with Gasteiger partial charge in [-0.1, -0.05) is 75.4 Å². The van der Waals surface area contributed by atoms with E-state index >= 15 is 0 Å². The second-order valence-electron chi connectivity index (χ2n) is 5.34. The molecule has 0 N–H and O–H groups in total. The van der Waals surface area contributed by atoms with Crippen LogP contribution in [0.2, 0.25) is 0 Å². The molecule has 0 aromatic rings. The first-order valence-electron chi connectivity index (χ1n) is 6.19. The third-order valence-corrected chi connectivity index (χ3v) is 3.34. The molecule has 1 heteroatoms. The highest BCUT2D eigenvalue weighted by molar-refractivity contribution is 9.11. The second kappa shape index (κ2) is 7.71. The minimum absolute atomic E-state index is 0.261. The molecule has 0 heterocycles. The molecule has 0 aromatic carbocycles. The van der Waals surface area contributed by atoms with E-state index in [2.05, 4.69) is 62.9 Å². The third kappa shape index (κ3) is 6.07. The van der Waals surface area contributed by atoms with Crippen molar-refractivity contribution in [1.29, 1.82) is 0 Å². The Kier molecular flexibility index (Phi) is 7.45. The van der Waals surface area contributed by atoms with Gasteiger partial charge in [0.25, 0.3) is 0 Å². The van der Waals surface area contributed by atoms with Gasteiger partial charge < -0.3 is 0 Å². The van der Waals surface area contributed by atoms with Crippen LogP contribution in [0, 0.1) is 11.3 Å². The number of hydrogen-bond donors (Lipinski definition) is 0. The molecule has 96 valence electrons. The Hall–Kier alpha value is -0.560. The fourth-order valence-electron chi connectivity index (χ4n) is 2.01. The van der Waals surface area contributed by atoms with Gasteiger partial charge in [-0.3, -0.25) is 0 Å². The van der Waals surface area contributed by atoms with E-state index in [-0.39, 0.29) is 5.41 Å². The van der Waals surface area contributed by atoms with Crippen molar-refractivity contribution in [3.05, 3.63) is 47.5 Å². The monoisotopic (exact) mass is 296 g/mol. The van der Waals surface area contributed by atoms with Crippen LogP contribution in [-0.2, 0) is 0 Å². The van der Waals surface area contributed by atoms with Crippen LogP contribution in [0.3, 0.4) is 0 Å². The summed E-state index contributed by atoms with van der Waals surface area (Å²) in [4.78, 5) is 0. The van der Waals surface area contributed by atoms with Crippen LogP contribution in [0.15, 0.2) is 47.5 Å². The largest absolute Gasteiger partial charge is 0.0990 e. The lowest BCUT2D eigenvalue weighted by Gasteiger charge is -2.32. The maximum atomic E-state index is 3.95. The van der Waals surface area contributed by atoms with Gasteiger partial charge in [0.15, 0.2) is 0 Å². The van der Waals surface area contributed by atoms with Crippen LogP contribution < -0.4 is 0 Å². The lowest BCUT2D eigenvalue weighted by Crippen LogP contribution is -2.21. The van der Waals surface area contributed by atoms with Gasteiger partial charge in [0.05, 0.1) is 0 Å². The Labute approximate surface area is 115 Å². The van der Waals surface area contributed by atoms with Crippen molar-refractivity contribution in [2.24, 2.45) is 11.3 Å². The van der Waals surface area contributed by atoms with Crippen molar-refractivity contribution < 1.29 is 0 Å². The molecule has 1 unspecified atom stereocenters. The zero-order chi connectivity index (χ0) is 13.5. The summed E-state index contributed by atoms with van der Waals surface area (Å²) in [5.74, 6) is 0.538. The fraction of sp³-hybridized carbons (Fsp3) is 0.500. The van der Waals surface area contributed by atoms with Crippen molar-refractivity contribution in [2.75, 3.05) is 0 Å². The molecule has 0 aliphatic carbocycles. The number of halogens is 1. The average Bonchev–Trinajstić information content (AvgIpc) is 2.22. The van der Waals surface area contributed by atoms with Gasteiger partial charge >= 0.3 is 0 Å². The Balaban J connectivity index is 5.24. The summed E-state index contributed by atoms with van der Waals surface area (Å²) in [5.41, 5.74) is 1.56. The molecule has 1 atom stereocenters. The van der Waals surface area contributed by atoms with E-state index in [9.17, 15) is 0 Å². The lowest BCUT2D eigenvalue weighted by atomic mass is 9.73. The van der Waals surface area contributed by atoms with E-state index in [1.807, 2.05) is 12.2 Å². The summed E-state index contributed by atoms with van der Waals surface area (Å²) in [7, 11) is 0. The number of rotatable bonds is 6. The van der Waals surface area contributed by atoms with Crippen molar-refractivity contribution in [3.63, 3.8) is 0 Å². The molecule has 0 saturated heterocycles. The molecule has 0 radical (unpaired) electrons. The second-order valence-corrected chi connectivity index (χ2v) is 6.26. The Morgan fingerprint density at radius 2 is 1.88 bits per heavy atom. The zero-order valence-electron chi connectivity index (χ0n) is 11.6. The van der Waals surface area contributed by atoms with Gasteiger partial charge in [-0.25, -0.2) is 0 Å². The quantitative estimate of drug-likeness (QED) is 0.525. The van der Waals surface area contributed by atoms with Gasteiger partial charge in [-0.2, -0.15) is 0 Å². The first-order valence-corrected chi connectivity index (χ1v) is 6.98. The molecular formula is C16H25Br. The SMILES string of the molecule is C=C/C=C(Br)\C=C(/C=C)C(CCC)C(C)(C)C. The third-order valence-electron chi connectivity index (χ3n) is 2.84. The summed E-state index contributed by atoms with van der Waals surface area (Å²) < 4.78 is 1.05. The van der Waals surface area contributed by atoms with E-state index in [0.29, 0.717) is 5.92 Å². The maximum Gasteiger partial charge on any atom is 0.0177 e. The summed E-state index contributed by atoms with van der Waals surface area (Å²) in [5, 5.41) is 0. The smallest absolute Gasteiger partial charge is 0.0177 e. The van der Waals surface area contributed by atoms with Crippen LogP contribution in [0.25, 0.3) is 0 Å². The molecule has 0 bridgehead atoms. The summed E-state index contributed by atoms with van der Waals surface area (Å²) in [6.07, 6.45) is 10.2. The highest BCUT2D eigenvalue weighted by Crippen LogP contribution is 2.36. The van der Waals surface area contributed by atoms with Gasteiger partial charge in [0.1, 0.15) is 0 Å². The molecule has 0 aliphatic rings. The van der Waals surface area contributed by atoms with Crippen LogP contribution in [0.1, 0.15) is 40.5 Å². The molecule has 0 aliphatic heterocycles. The number of allylic oxidation sites excluding steroid dienone is 6. The van der Waals surface area contributed by atoms with Crippen molar-refractivity contribution in [2.45, 2.75) is 40.5 Å².